The number of carbonyl (C=O) groups is 3. The van der Waals surface area contributed by atoms with Gasteiger partial charge < -0.3 is 14.6 Å². The zero-order valence-electron chi connectivity index (χ0n) is 15.4. The van der Waals surface area contributed by atoms with Crippen molar-refractivity contribution in [3.8, 4) is 0 Å². The molecule has 0 saturated carbocycles. The van der Waals surface area contributed by atoms with Gasteiger partial charge in [-0.25, -0.2) is 14.4 Å². The van der Waals surface area contributed by atoms with Crippen LogP contribution in [0.5, 0.6) is 0 Å². The number of hydrogen-bond acceptors (Lipinski definition) is 5. The molecule has 0 unspecified atom stereocenters. The Morgan fingerprint density at radius 3 is 2.00 bits per heavy atom. The van der Waals surface area contributed by atoms with Crippen LogP contribution in [0.3, 0.4) is 0 Å². The fourth-order valence-electron chi connectivity index (χ4n) is 2.50. The Kier molecular flexibility index (Phi) is 6.32. The Labute approximate surface area is 161 Å². The van der Waals surface area contributed by atoms with E-state index in [9.17, 15) is 19.5 Å². The maximum Gasteiger partial charge on any atom is 0.433 e. The smallest absolute Gasteiger partial charge is 0.433 e. The third-order valence-corrected chi connectivity index (χ3v) is 3.76. The summed E-state index contributed by atoms with van der Waals surface area (Å²) < 4.78 is 10.3. The van der Waals surface area contributed by atoms with Crippen molar-refractivity contribution in [3.05, 3.63) is 46.6 Å². The monoisotopic (exact) mass is 396 g/mol. The molecule has 1 atom stereocenters. The molecule has 0 aromatic heterocycles. The molecule has 0 bridgehead atoms. The molecule has 1 aromatic rings. The number of carboxylic acids is 1. The van der Waals surface area contributed by atoms with E-state index in [1.807, 2.05) is 0 Å². The lowest BCUT2D eigenvalue weighted by Crippen LogP contribution is -2.46. The summed E-state index contributed by atoms with van der Waals surface area (Å²) in [5, 5.41) is 11.8. The average molecular weight is 397 g/mol. The molecule has 1 N–H and O–H groups in total. The Morgan fingerprint density at radius 2 is 1.52 bits per heavy atom. The molecule has 9 heteroatoms. The van der Waals surface area contributed by atoms with Gasteiger partial charge >= 0.3 is 18.2 Å². The van der Waals surface area contributed by atoms with Gasteiger partial charge in [-0.05, 0) is 45.4 Å². The number of aliphatic carboxylic acids is 1. The summed E-state index contributed by atoms with van der Waals surface area (Å²) in [4.78, 5) is 36.9. The topological polar surface area (TPSA) is 96.4 Å². The average Bonchev–Trinajstić information content (AvgIpc) is 2.95. The van der Waals surface area contributed by atoms with Crippen molar-refractivity contribution in [2.24, 2.45) is 0 Å². The number of amides is 2. The van der Waals surface area contributed by atoms with Crippen molar-refractivity contribution in [1.82, 2.24) is 10.0 Å². The van der Waals surface area contributed by atoms with E-state index in [1.54, 1.807) is 52.0 Å². The number of nitrogens with zero attached hydrogens (tertiary/aromatic N) is 2. The minimum atomic E-state index is -1.28. The van der Waals surface area contributed by atoms with Gasteiger partial charge in [0.05, 0.1) is 17.8 Å². The van der Waals surface area contributed by atoms with Crippen LogP contribution < -0.4 is 0 Å². The maximum absolute atomic E-state index is 12.7. The molecule has 0 fully saturated rings. The molecular formula is C18H21ClN2O6. The largest absolute Gasteiger partial charge is 0.478 e. The first kappa shape index (κ1) is 20.6. The van der Waals surface area contributed by atoms with Gasteiger partial charge in [0.25, 0.3) is 0 Å². The fraction of sp³-hybridized carbons (Fsp3) is 0.389. The van der Waals surface area contributed by atoms with Crippen LogP contribution >= 0.6 is 11.6 Å². The number of carbonyl (C=O) groups excluding carboxylic acids is 2. The van der Waals surface area contributed by atoms with E-state index in [2.05, 4.69) is 0 Å². The summed E-state index contributed by atoms with van der Waals surface area (Å²) >= 11 is 5.90. The Balaban J connectivity index is 2.52. The molecule has 146 valence electrons. The molecule has 1 heterocycles. The van der Waals surface area contributed by atoms with Crippen molar-refractivity contribution in [1.29, 1.82) is 0 Å². The molecule has 0 aliphatic carbocycles. The lowest BCUT2D eigenvalue weighted by Gasteiger charge is -2.32. The predicted octanol–water partition coefficient (Wildman–Crippen LogP) is 3.97. The first-order chi connectivity index (χ1) is 12.6. The molecule has 27 heavy (non-hydrogen) atoms. The normalized spacial score (nSPS) is 16.6. The standard InChI is InChI=1S/C18H21ClN2O6/c1-10(2)26-17(24)20-9-14(16(22)23)15(12-5-7-13(19)8-6-12)21(20)18(25)27-11(3)4/h5-11,15H,1-4H3,(H,22,23)/t15-/m1/s1. The number of halogens is 1. The van der Waals surface area contributed by atoms with E-state index < -0.39 is 36.4 Å². The molecule has 2 rings (SSSR count). The highest BCUT2D eigenvalue weighted by atomic mass is 35.5. The molecule has 2 amide bonds. The summed E-state index contributed by atoms with van der Waals surface area (Å²) in [6.07, 6.45) is -1.63. The zero-order valence-corrected chi connectivity index (χ0v) is 16.1. The van der Waals surface area contributed by atoms with Crippen LogP contribution in [0.1, 0.15) is 39.3 Å². The van der Waals surface area contributed by atoms with Crippen LogP contribution in [0.15, 0.2) is 36.0 Å². The first-order valence-electron chi connectivity index (χ1n) is 8.32. The molecular weight excluding hydrogens is 376 g/mol. The number of carboxylic acid groups (broad SMARTS) is 1. The maximum atomic E-state index is 12.7. The lowest BCUT2D eigenvalue weighted by atomic mass is 10.0. The molecule has 1 aromatic carbocycles. The van der Waals surface area contributed by atoms with Crippen molar-refractivity contribution in [2.75, 3.05) is 0 Å². The van der Waals surface area contributed by atoms with Crippen molar-refractivity contribution < 1.29 is 29.0 Å². The third kappa shape index (κ3) is 4.71. The van der Waals surface area contributed by atoms with Gasteiger partial charge in [-0.15, -0.1) is 0 Å². The highest BCUT2D eigenvalue weighted by Crippen LogP contribution is 2.37. The predicted molar refractivity (Wildman–Crippen MR) is 96.8 cm³/mol. The molecule has 1 aliphatic heterocycles. The summed E-state index contributed by atoms with van der Waals surface area (Å²) in [5.74, 6) is -1.28. The SMILES string of the molecule is CC(C)OC(=O)N1C=C(C(=O)O)[C@@H](c2ccc(Cl)cc2)N1C(=O)OC(C)C. The second kappa shape index (κ2) is 8.30. The molecule has 0 spiro atoms. The summed E-state index contributed by atoms with van der Waals surface area (Å²) in [5.41, 5.74) is 0.271. The zero-order chi connectivity index (χ0) is 20.3. The van der Waals surface area contributed by atoms with Crippen LogP contribution in [0.25, 0.3) is 0 Å². The fourth-order valence-corrected chi connectivity index (χ4v) is 2.63. The van der Waals surface area contributed by atoms with E-state index >= 15 is 0 Å². The molecule has 8 nitrogen and oxygen atoms in total. The van der Waals surface area contributed by atoms with E-state index in [0.29, 0.717) is 10.6 Å². The Hall–Kier alpha value is -2.74. The van der Waals surface area contributed by atoms with Crippen molar-refractivity contribution in [3.63, 3.8) is 0 Å². The van der Waals surface area contributed by atoms with Crippen LogP contribution in [-0.4, -0.2) is 45.5 Å². The number of hydrazine groups is 1. The summed E-state index contributed by atoms with van der Waals surface area (Å²) in [6, 6.07) is 5.22. The molecule has 1 aliphatic rings. The van der Waals surface area contributed by atoms with Gasteiger partial charge in [-0.3, -0.25) is 0 Å². The Bertz CT molecular complexity index is 760. The van der Waals surface area contributed by atoms with E-state index in [4.69, 9.17) is 21.1 Å². The highest BCUT2D eigenvalue weighted by molar-refractivity contribution is 6.30. The van der Waals surface area contributed by atoms with Crippen LogP contribution in [-0.2, 0) is 14.3 Å². The van der Waals surface area contributed by atoms with Crippen molar-refractivity contribution in [2.45, 2.75) is 45.9 Å². The highest BCUT2D eigenvalue weighted by Gasteiger charge is 2.45. The minimum Gasteiger partial charge on any atom is -0.478 e. The first-order valence-corrected chi connectivity index (χ1v) is 8.69. The van der Waals surface area contributed by atoms with Gasteiger partial charge in [0.2, 0.25) is 0 Å². The Morgan fingerprint density at radius 1 is 1.00 bits per heavy atom. The number of rotatable bonds is 4. The van der Waals surface area contributed by atoms with Gasteiger partial charge in [0, 0.05) is 11.2 Å². The van der Waals surface area contributed by atoms with Crippen LogP contribution in [0.4, 0.5) is 9.59 Å². The number of ether oxygens (including phenoxy) is 2. The lowest BCUT2D eigenvalue weighted by molar-refractivity contribution is -0.133. The van der Waals surface area contributed by atoms with Gasteiger partial charge in [0.1, 0.15) is 6.04 Å². The second-order valence-electron chi connectivity index (χ2n) is 6.40. The van der Waals surface area contributed by atoms with Crippen LogP contribution in [0, 0.1) is 0 Å². The van der Waals surface area contributed by atoms with E-state index in [1.165, 1.54) is 0 Å². The quantitative estimate of drug-likeness (QED) is 0.827. The van der Waals surface area contributed by atoms with E-state index in [0.717, 1.165) is 16.2 Å². The summed E-state index contributed by atoms with van der Waals surface area (Å²) in [7, 11) is 0. The van der Waals surface area contributed by atoms with Crippen LogP contribution in [0.2, 0.25) is 5.02 Å². The van der Waals surface area contributed by atoms with Crippen molar-refractivity contribution >= 4 is 29.8 Å². The minimum absolute atomic E-state index is 0.182. The molecule has 0 saturated heterocycles. The van der Waals surface area contributed by atoms with E-state index in [-0.39, 0.29) is 5.57 Å². The molecule has 0 radical (unpaired) electrons. The van der Waals surface area contributed by atoms with Gasteiger partial charge in [0.15, 0.2) is 0 Å². The third-order valence-electron chi connectivity index (χ3n) is 3.51. The number of benzene rings is 1. The second-order valence-corrected chi connectivity index (χ2v) is 6.83. The summed E-state index contributed by atoms with van der Waals surface area (Å²) in [6.45, 7) is 6.58. The number of hydrogen-bond donors (Lipinski definition) is 1. The van der Waals surface area contributed by atoms with Gasteiger partial charge in [-0.1, -0.05) is 23.7 Å². The van der Waals surface area contributed by atoms with Gasteiger partial charge in [-0.2, -0.15) is 10.0 Å².